The Morgan fingerprint density at radius 2 is 2.11 bits per heavy atom. The monoisotopic (exact) mass is 243 g/mol. The highest BCUT2D eigenvalue weighted by Crippen LogP contribution is 2.19. The molecule has 2 aromatic rings. The molecule has 18 heavy (non-hydrogen) atoms. The standard InChI is InChI=1S/C14H17N3O/c1-17(10-11-4-3-5-12(15)8-11)13-6-7-16-14(9-13)18-2/h3-9H,10,15H2,1-2H3. The maximum absolute atomic E-state index is 5.77. The summed E-state index contributed by atoms with van der Waals surface area (Å²) in [6, 6.07) is 11.8. The average Bonchev–Trinajstić information content (AvgIpc) is 2.39. The van der Waals surface area contributed by atoms with Crippen molar-refractivity contribution in [3.63, 3.8) is 0 Å². The van der Waals surface area contributed by atoms with Gasteiger partial charge in [0.25, 0.3) is 0 Å². The van der Waals surface area contributed by atoms with Crippen molar-refractivity contribution in [2.24, 2.45) is 0 Å². The second-order valence-electron chi connectivity index (χ2n) is 4.16. The van der Waals surface area contributed by atoms with Gasteiger partial charge in [-0.2, -0.15) is 0 Å². The van der Waals surface area contributed by atoms with E-state index in [1.165, 1.54) is 5.56 Å². The van der Waals surface area contributed by atoms with Crippen molar-refractivity contribution in [2.45, 2.75) is 6.54 Å². The van der Waals surface area contributed by atoms with Crippen LogP contribution >= 0.6 is 0 Å². The Bertz CT molecular complexity index is 528. The number of hydrogen-bond acceptors (Lipinski definition) is 4. The molecule has 0 spiro atoms. The van der Waals surface area contributed by atoms with Gasteiger partial charge in [-0.05, 0) is 23.8 Å². The largest absolute Gasteiger partial charge is 0.481 e. The fraction of sp³-hybridized carbons (Fsp3) is 0.214. The third-order valence-corrected chi connectivity index (χ3v) is 2.74. The van der Waals surface area contributed by atoms with Crippen LogP contribution in [0, 0.1) is 0 Å². The van der Waals surface area contributed by atoms with Crippen molar-refractivity contribution in [3.8, 4) is 5.88 Å². The van der Waals surface area contributed by atoms with Gasteiger partial charge in [0.2, 0.25) is 5.88 Å². The van der Waals surface area contributed by atoms with Crippen molar-refractivity contribution >= 4 is 11.4 Å². The van der Waals surface area contributed by atoms with Crippen molar-refractivity contribution in [3.05, 3.63) is 48.2 Å². The lowest BCUT2D eigenvalue weighted by molar-refractivity contribution is 0.398. The normalized spacial score (nSPS) is 10.1. The molecule has 0 fully saturated rings. The maximum atomic E-state index is 5.77. The van der Waals surface area contributed by atoms with Crippen LogP contribution in [0.3, 0.4) is 0 Å². The minimum absolute atomic E-state index is 0.618. The first kappa shape index (κ1) is 12.2. The van der Waals surface area contributed by atoms with Crippen molar-refractivity contribution in [1.29, 1.82) is 0 Å². The highest BCUT2D eigenvalue weighted by molar-refractivity contribution is 5.49. The molecule has 0 aliphatic carbocycles. The number of anilines is 2. The molecular formula is C14H17N3O. The molecule has 4 nitrogen and oxygen atoms in total. The van der Waals surface area contributed by atoms with Gasteiger partial charge in [-0.3, -0.25) is 0 Å². The lowest BCUT2D eigenvalue weighted by Crippen LogP contribution is -2.16. The van der Waals surface area contributed by atoms with Gasteiger partial charge in [0.05, 0.1) is 7.11 Å². The number of nitrogen functional groups attached to an aromatic ring is 1. The zero-order chi connectivity index (χ0) is 13.0. The number of benzene rings is 1. The first-order chi connectivity index (χ1) is 8.69. The number of aromatic nitrogens is 1. The number of pyridine rings is 1. The third kappa shape index (κ3) is 2.91. The molecule has 0 aliphatic heterocycles. The Morgan fingerprint density at radius 1 is 1.28 bits per heavy atom. The van der Waals surface area contributed by atoms with E-state index < -0.39 is 0 Å². The predicted octanol–water partition coefficient (Wildman–Crippen LogP) is 2.31. The van der Waals surface area contributed by atoms with E-state index in [9.17, 15) is 0 Å². The van der Waals surface area contributed by atoms with Gasteiger partial charge in [0.15, 0.2) is 0 Å². The van der Waals surface area contributed by atoms with Gasteiger partial charge in [0, 0.05) is 37.2 Å². The van der Waals surface area contributed by atoms with E-state index in [4.69, 9.17) is 10.5 Å². The molecule has 2 N–H and O–H groups in total. The van der Waals surface area contributed by atoms with E-state index in [2.05, 4.69) is 16.0 Å². The molecular weight excluding hydrogens is 226 g/mol. The number of methoxy groups -OCH3 is 1. The molecule has 0 unspecified atom stereocenters. The van der Waals surface area contributed by atoms with E-state index in [1.54, 1.807) is 13.3 Å². The van der Waals surface area contributed by atoms with Crippen molar-refractivity contribution in [2.75, 3.05) is 24.8 Å². The fourth-order valence-corrected chi connectivity index (χ4v) is 1.80. The molecule has 0 atom stereocenters. The first-order valence-electron chi connectivity index (χ1n) is 5.74. The summed E-state index contributed by atoms with van der Waals surface area (Å²) in [5.74, 6) is 0.618. The Balaban J connectivity index is 2.13. The summed E-state index contributed by atoms with van der Waals surface area (Å²) in [4.78, 5) is 6.22. The molecule has 4 heteroatoms. The minimum atomic E-state index is 0.618. The summed E-state index contributed by atoms with van der Waals surface area (Å²) in [5, 5.41) is 0. The van der Waals surface area contributed by atoms with Crippen LogP contribution in [0.5, 0.6) is 5.88 Å². The van der Waals surface area contributed by atoms with Crippen LogP contribution in [-0.4, -0.2) is 19.1 Å². The zero-order valence-corrected chi connectivity index (χ0v) is 10.6. The Labute approximate surface area is 107 Å². The zero-order valence-electron chi connectivity index (χ0n) is 10.6. The predicted molar refractivity (Wildman–Crippen MR) is 73.8 cm³/mol. The van der Waals surface area contributed by atoms with Crippen LogP contribution in [0.15, 0.2) is 42.6 Å². The van der Waals surface area contributed by atoms with Gasteiger partial charge in [-0.1, -0.05) is 12.1 Å². The molecule has 0 aliphatic rings. The molecule has 1 aromatic carbocycles. The maximum Gasteiger partial charge on any atom is 0.214 e. The Kier molecular flexibility index (Phi) is 3.67. The molecule has 0 radical (unpaired) electrons. The average molecular weight is 243 g/mol. The quantitative estimate of drug-likeness (QED) is 0.837. The molecule has 2 rings (SSSR count). The van der Waals surface area contributed by atoms with Gasteiger partial charge >= 0.3 is 0 Å². The number of nitrogens with two attached hydrogens (primary N) is 1. The summed E-state index contributed by atoms with van der Waals surface area (Å²) >= 11 is 0. The fourth-order valence-electron chi connectivity index (χ4n) is 1.80. The second-order valence-corrected chi connectivity index (χ2v) is 4.16. The van der Waals surface area contributed by atoms with Gasteiger partial charge in [-0.15, -0.1) is 0 Å². The molecule has 1 aromatic heterocycles. The molecule has 1 heterocycles. The number of ether oxygens (including phenoxy) is 1. The van der Waals surface area contributed by atoms with E-state index >= 15 is 0 Å². The summed E-state index contributed by atoms with van der Waals surface area (Å²) in [7, 11) is 3.64. The lowest BCUT2D eigenvalue weighted by Gasteiger charge is -2.19. The van der Waals surface area contributed by atoms with Crippen LogP contribution in [0.4, 0.5) is 11.4 Å². The van der Waals surface area contributed by atoms with Gasteiger partial charge in [0.1, 0.15) is 0 Å². The first-order valence-corrected chi connectivity index (χ1v) is 5.74. The van der Waals surface area contributed by atoms with E-state index in [1.807, 2.05) is 37.4 Å². The number of nitrogens with zero attached hydrogens (tertiary/aromatic N) is 2. The van der Waals surface area contributed by atoms with E-state index in [0.29, 0.717) is 5.88 Å². The summed E-state index contributed by atoms with van der Waals surface area (Å²) in [6.07, 6.45) is 1.74. The Hall–Kier alpha value is -2.23. The topological polar surface area (TPSA) is 51.4 Å². The molecule has 0 saturated carbocycles. The van der Waals surface area contributed by atoms with Gasteiger partial charge < -0.3 is 15.4 Å². The summed E-state index contributed by atoms with van der Waals surface area (Å²) in [6.45, 7) is 0.790. The Morgan fingerprint density at radius 3 is 2.83 bits per heavy atom. The van der Waals surface area contributed by atoms with Gasteiger partial charge in [-0.25, -0.2) is 4.98 Å². The molecule has 0 amide bonds. The van der Waals surface area contributed by atoms with Crippen LogP contribution in [0.2, 0.25) is 0 Å². The number of hydrogen-bond donors (Lipinski definition) is 1. The third-order valence-electron chi connectivity index (χ3n) is 2.74. The van der Waals surface area contributed by atoms with Crippen LogP contribution < -0.4 is 15.4 Å². The van der Waals surface area contributed by atoms with Crippen LogP contribution in [-0.2, 0) is 6.54 Å². The lowest BCUT2D eigenvalue weighted by atomic mass is 10.2. The smallest absolute Gasteiger partial charge is 0.214 e. The molecule has 94 valence electrons. The highest BCUT2D eigenvalue weighted by atomic mass is 16.5. The second kappa shape index (κ2) is 5.40. The van der Waals surface area contributed by atoms with Crippen LogP contribution in [0.25, 0.3) is 0 Å². The number of rotatable bonds is 4. The van der Waals surface area contributed by atoms with E-state index in [0.717, 1.165) is 17.9 Å². The molecule has 0 bridgehead atoms. The van der Waals surface area contributed by atoms with E-state index in [-0.39, 0.29) is 0 Å². The summed E-state index contributed by atoms with van der Waals surface area (Å²) < 4.78 is 5.12. The summed E-state index contributed by atoms with van der Waals surface area (Å²) in [5.41, 5.74) is 8.79. The van der Waals surface area contributed by atoms with Crippen molar-refractivity contribution in [1.82, 2.24) is 4.98 Å². The van der Waals surface area contributed by atoms with Crippen molar-refractivity contribution < 1.29 is 4.74 Å². The molecule has 0 saturated heterocycles. The highest BCUT2D eigenvalue weighted by Gasteiger charge is 2.04. The SMILES string of the molecule is COc1cc(N(C)Cc2cccc(N)c2)ccn1. The van der Waals surface area contributed by atoms with Crippen LogP contribution in [0.1, 0.15) is 5.56 Å². The minimum Gasteiger partial charge on any atom is -0.481 e.